The topological polar surface area (TPSA) is 95.9 Å². The fourth-order valence-electron chi connectivity index (χ4n) is 12.2. The van der Waals surface area contributed by atoms with E-state index in [-0.39, 0.29) is 18.5 Å². The first-order valence-electron chi connectivity index (χ1n) is 38.1. The van der Waals surface area contributed by atoms with Crippen LogP contribution in [0.5, 0.6) is 0 Å². The fraction of sp³-hybridized carbons (Fsp3) is 0.922. The average molecular weight is 1170 g/mol. The summed E-state index contributed by atoms with van der Waals surface area (Å²) in [5.41, 5.74) is 0. The number of amides is 1. The highest BCUT2D eigenvalue weighted by Crippen LogP contribution is 2.20. The van der Waals surface area contributed by atoms with Crippen molar-refractivity contribution < 1.29 is 24.5 Å². The molecule has 3 N–H and O–H groups in total. The molecule has 0 bridgehead atoms. The zero-order valence-electron chi connectivity index (χ0n) is 56.5. The van der Waals surface area contributed by atoms with Crippen LogP contribution in [0.3, 0.4) is 0 Å². The van der Waals surface area contributed by atoms with Gasteiger partial charge in [-0.2, -0.15) is 0 Å². The number of hydrogen-bond donors (Lipinski definition) is 3. The van der Waals surface area contributed by atoms with Crippen molar-refractivity contribution >= 4 is 11.9 Å². The van der Waals surface area contributed by atoms with E-state index < -0.39 is 12.1 Å². The van der Waals surface area contributed by atoms with Crippen LogP contribution in [-0.4, -0.2) is 47.4 Å². The van der Waals surface area contributed by atoms with Gasteiger partial charge in [0.1, 0.15) is 0 Å². The molecule has 6 heteroatoms. The first-order chi connectivity index (χ1) is 41.0. The van der Waals surface area contributed by atoms with Crippen LogP contribution in [-0.2, 0) is 14.3 Å². The van der Waals surface area contributed by atoms with Crippen molar-refractivity contribution in [2.45, 2.75) is 443 Å². The van der Waals surface area contributed by atoms with Gasteiger partial charge in [0.25, 0.3) is 0 Å². The first-order valence-corrected chi connectivity index (χ1v) is 38.1. The number of carbonyl (C=O) groups excluding carboxylic acids is 2. The van der Waals surface area contributed by atoms with Gasteiger partial charge in [-0.05, 0) is 77.0 Å². The summed E-state index contributed by atoms with van der Waals surface area (Å²) >= 11 is 0. The van der Waals surface area contributed by atoms with E-state index in [1.807, 2.05) is 0 Å². The largest absolute Gasteiger partial charge is 0.466 e. The molecule has 2 unspecified atom stereocenters. The number of aliphatic hydroxyl groups is 2. The van der Waals surface area contributed by atoms with E-state index in [1.54, 1.807) is 0 Å². The Kier molecular flexibility index (Phi) is 71.4. The molecule has 6 nitrogen and oxygen atoms in total. The summed E-state index contributed by atoms with van der Waals surface area (Å²) in [4.78, 5) is 24.6. The minimum absolute atomic E-state index is 0.00724. The summed E-state index contributed by atoms with van der Waals surface area (Å²) in [5.74, 6) is -0.0214. The van der Waals surface area contributed by atoms with Gasteiger partial charge >= 0.3 is 5.97 Å². The number of allylic oxidation sites excluding steroid dienone is 4. The van der Waals surface area contributed by atoms with Crippen molar-refractivity contribution in [2.24, 2.45) is 0 Å². The molecule has 492 valence electrons. The van der Waals surface area contributed by atoms with E-state index >= 15 is 0 Å². The molecule has 0 saturated carbocycles. The molecule has 0 aromatic heterocycles. The van der Waals surface area contributed by atoms with Crippen molar-refractivity contribution in [3.63, 3.8) is 0 Å². The van der Waals surface area contributed by atoms with Gasteiger partial charge in [0.15, 0.2) is 0 Å². The van der Waals surface area contributed by atoms with Crippen LogP contribution in [0, 0.1) is 0 Å². The standard InChI is InChI=1S/C77H149NO5/c1-3-5-7-9-11-13-15-17-18-19-20-21-22-28-31-34-37-40-43-46-49-53-57-61-65-69-75(80)74(73-79)78-76(81)70-66-62-58-54-50-47-44-41-38-35-32-29-26-24-23-25-27-30-33-36-39-42-45-48-52-56-60-64-68-72-83-77(82)71-67-63-59-55-51-16-14-12-10-8-6-4-2/h12,14,23,25,74-75,79-80H,3-11,13,15-22,24,26-73H2,1-2H3,(H,78,81)/b14-12-,25-23-. The highest BCUT2D eigenvalue weighted by Gasteiger charge is 2.20. The number of aliphatic hydroxyl groups excluding tert-OH is 2. The molecule has 1 amide bonds. The van der Waals surface area contributed by atoms with Crippen molar-refractivity contribution in [1.29, 1.82) is 0 Å². The minimum atomic E-state index is -0.665. The molecule has 0 aliphatic heterocycles. The second kappa shape index (κ2) is 72.8. The number of rotatable bonds is 72. The highest BCUT2D eigenvalue weighted by molar-refractivity contribution is 5.76. The zero-order chi connectivity index (χ0) is 59.9. The number of hydrogen-bond acceptors (Lipinski definition) is 5. The Morgan fingerprint density at radius 1 is 0.325 bits per heavy atom. The molecule has 0 aromatic rings. The van der Waals surface area contributed by atoms with Gasteiger partial charge in [-0.1, -0.05) is 366 Å². The third kappa shape index (κ3) is 69.3. The third-order valence-corrected chi connectivity index (χ3v) is 18.0. The van der Waals surface area contributed by atoms with Crippen LogP contribution >= 0.6 is 0 Å². The second-order valence-corrected chi connectivity index (χ2v) is 26.3. The van der Waals surface area contributed by atoms with E-state index in [1.165, 1.54) is 353 Å². The Morgan fingerprint density at radius 3 is 0.880 bits per heavy atom. The van der Waals surface area contributed by atoms with E-state index in [0.29, 0.717) is 25.9 Å². The smallest absolute Gasteiger partial charge is 0.305 e. The Labute approximate surface area is 520 Å². The lowest BCUT2D eigenvalue weighted by Gasteiger charge is -2.22. The predicted molar refractivity (Wildman–Crippen MR) is 366 cm³/mol. The number of ether oxygens (including phenoxy) is 1. The second-order valence-electron chi connectivity index (χ2n) is 26.3. The van der Waals surface area contributed by atoms with E-state index in [9.17, 15) is 19.8 Å². The molecule has 0 radical (unpaired) electrons. The van der Waals surface area contributed by atoms with Crippen molar-refractivity contribution in [1.82, 2.24) is 5.32 Å². The molecule has 0 rings (SSSR count). The zero-order valence-corrected chi connectivity index (χ0v) is 56.5. The van der Waals surface area contributed by atoms with Crippen LogP contribution in [0.4, 0.5) is 0 Å². The fourth-order valence-corrected chi connectivity index (χ4v) is 12.2. The molecule has 2 atom stereocenters. The Balaban J connectivity index is 3.38. The summed E-state index contributed by atoms with van der Waals surface area (Å²) < 4.78 is 5.48. The summed E-state index contributed by atoms with van der Waals surface area (Å²) in [6.07, 6.45) is 92.5. The summed E-state index contributed by atoms with van der Waals surface area (Å²) in [6.45, 7) is 4.97. The van der Waals surface area contributed by atoms with E-state index in [4.69, 9.17) is 4.74 Å². The number of unbranched alkanes of at least 4 members (excludes halogenated alkanes) is 57. The maximum Gasteiger partial charge on any atom is 0.305 e. The lowest BCUT2D eigenvalue weighted by atomic mass is 10.0. The molecule has 83 heavy (non-hydrogen) atoms. The van der Waals surface area contributed by atoms with Gasteiger partial charge in [-0.25, -0.2) is 0 Å². The minimum Gasteiger partial charge on any atom is -0.466 e. The van der Waals surface area contributed by atoms with Gasteiger partial charge in [0.2, 0.25) is 5.91 Å². The van der Waals surface area contributed by atoms with Gasteiger partial charge in [-0.3, -0.25) is 9.59 Å². The van der Waals surface area contributed by atoms with Gasteiger partial charge in [0.05, 0.1) is 25.4 Å². The number of carbonyl (C=O) groups is 2. The quantitative estimate of drug-likeness (QED) is 0.0320. The molecule has 0 aliphatic rings. The van der Waals surface area contributed by atoms with Crippen LogP contribution < -0.4 is 5.32 Å². The number of esters is 1. The van der Waals surface area contributed by atoms with Gasteiger partial charge in [-0.15, -0.1) is 0 Å². The molecule has 0 spiro atoms. The van der Waals surface area contributed by atoms with Gasteiger partial charge < -0.3 is 20.3 Å². The summed E-state index contributed by atoms with van der Waals surface area (Å²) in [7, 11) is 0. The van der Waals surface area contributed by atoms with Crippen LogP contribution in [0.15, 0.2) is 24.3 Å². The molecule has 0 saturated heterocycles. The molecule has 0 heterocycles. The lowest BCUT2D eigenvalue weighted by Crippen LogP contribution is -2.45. The predicted octanol–water partition coefficient (Wildman–Crippen LogP) is 24.9. The van der Waals surface area contributed by atoms with Crippen molar-refractivity contribution in [3.05, 3.63) is 24.3 Å². The van der Waals surface area contributed by atoms with Crippen molar-refractivity contribution in [2.75, 3.05) is 13.2 Å². The highest BCUT2D eigenvalue weighted by atomic mass is 16.5. The molecule has 0 aromatic carbocycles. The molecular weight excluding hydrogens is 1020 g/mol. The Morgan fingerprint density at radius 2 is 0.566 bits per heavy atom. The monoisotopic (exact) mass is 1170 g/mol. The van der Waals surface area contributed by atoms with E-state index in [0.717, 1.165) is 44.9 Å². The molecule has 0 fully saturated rings. The first kappa shape index (κ1) is 81.3. The van der Waals surface area contributed by atoms with Crippen molar-refractivity contribution in [3.8, 4) is 0 Å². The number of nitrogens with one attached hydrogen (secondary N) is 1. The maximum absolute atomic E-state index is 12.6. The van der Waals surface area contributed by atoms with Crippen LogP contribution in [0.1, 0.15) is 431 Å². The molecular formula is C77H149NO5. The van der Waals surface area contributed by atoms with Crippen LogP contribution in [0.25, 0.3) is 0 Å². The summed E-state index contributed by atoms with van der Waals surface area (Å²) in [6, 6.07) is -0.542. The third-order valence-electron chi connectivity index (χ3n) is 18.0. The SMILES string of the molecule is CCCCC/C=C\CCCCCCCC(=O)OCCCCCCCCCCCCCC/C=C\CCCCCCCCCCCCCCCC(=O)NC(CO)C(O)CCCCCCCCCCCCCCCCCCCCCCCCCCC. The molecule has 0 aliphatic carbocycles. The lowest BCUT2D eigenvalue weighted by molar-refractivity contribution is -0.143. The normalized spacial score (nSPS) is 12.6. The maximum atomic E-state index is 12.6. The van der Waals surface area contributed by atoms with E-state index in [2.05, 4.69) is 43.5 Å². The Hall–Kier alpha value is -1.66. The Bertz CT molecular complexity index is 1300. The average Bonchev–Trinajstić information content (AvgIpc) is 3.49. The summed E-state index contributed by atoms with van der Waals surface area (Å²) in [5, 5.41) is 23.5. The van der Waals surface area contributed by atoms with Gasteiger partial charge in [0, 0.05) is 12.8 Å². The van der Waals surface area contributed by atoms with Crippen LogP contribution in [0.2, 0.25) is 0 Å².